The maximum atomic E-state index is 11.8. The van der Waals surface area contributed by atoms with Gasteiger partial charge in [0.1, 0.15) is 6.04 Å². The second-order valence-corrected chi connectivity index (χ2v) is 5.28. The number of aliphatic hydroxyl groups excluding tert-OH is 1. The van der Waals surface area contributed by atoms with Gasteiger partial charge in [0, 0.05) is 6.54 Å². The Labute approximate surface area is 124 Å². The average molecular weight is 288 g/mol. The number of likely N-dealkylation sites (tertiary alicyclic amines) is 1. The number of rotatable bonds is 4. The van der Waals surface area contributed by atoms with Crippen LogP contribution in [-0.4, -0.2) is 42.2 Å². The molecule has 1 aromatic carbocycles. The van der Waals surface area contributed by atoms with Crippen LogP contribution in [0.15, 0.2) is 24.3 Å². The van der Waals surface area contributed by atoms with E-state index in [0.717, 1.165) is 31.4 Å². The fraction of sp³-hybridized carbons (Fsp3) is 0.500. The molecule has 21 heavy (non-hydrogen) atoms. The van der Waals surface area contributed by atoms with Crippen molar-refractivity contribution < 1.29 is 14.6 Å². The van der Waals surface area contributed by atoms with Crippen LogP contribution in [-0.2, 0) is 9.53 Å². The van der Waals surface area contributed by atoms with Crippen LogP contribution in [0.25, 0.3) is 0 Å². The van der Waals surface area contributed by atoms with E-state index < -0.39 is 6.10 Å². The quantitative estimate of drug-likeness (QED) is 0.852. The number of aliphatic hydroxyl groups is 1. The van der Waals surface area contributed by atoms with Crippen LogP contribution in [0.4, 0.5) is 0 Å². The summed E-state index contributed by atoms with van der Waals surface area (Å²) in [7, 11) is 1.40. The molecule has 0 amide bonds. The first-order valence-corrected chi connectivity index (χ1v) is 7.15. The number of β-amino-alcohol motifs (C(OH)–C–C–N with tert-alkyl or cyclic N) is 1. The molecule has 0 saturated carbocycles. The molecule has 1 fully saturated rings. The van der Waals surface area contributed by atoms with Crippen molar-refractivity contribution in [2.24, 2.45) is 0 Å². The Balaban J connectivity index is 2.03. The summed E-state index contributed by atoms with van der Waals surface area (Å²) in [6.45, 7) is 1.18. The molecule has 1 aliphatic heterocycles. The van der Waals surface area contributed by atoms with E-state index in [9.17, 15) is 9.90 Å². The smallest absolute Gasteiger partial charge is 0.323 e. The highest BCUT2D eigenvalue weighted by Gasteiger charge is 2.30. The molecule has 5 nitrogen and oxygen atoms in total. The Kier molecular flexibility index (Phi) is 5.32. The summed E-state index contributed by atoms with van der Waals surface area (Å²) in [6.07, 6.45) is 2.12. The fourth-order valence-electron chi connectivity index (χ4n) is 2.72. The predicted octanol–water partition coefficient (Wildman–Crippen LogP) is 1.62. The highest BCUT2D eigenvalue weighted by Crippen LogP contribution is 2.22. The lowest BCUT2D eigenvalue weighted by Gasteiger charge is -2.35. The number of benzene rings is 1. The number of methoxy groups -OCH3 is 1. The lowest BCUT2D eigenvalue weighted by atomic mass is 10.00. The van der Waals surface area contributed by atoms with E-state index >= 15 is 0 Å². The van der Waals surface area contributed by atoms with Gasteiger partial charge in [-0.2, -0.15) is 5.26 Å². The van der Waals surface area contributed by atoms with Crippen molar-refractivity contribution in [3.05, 3.63) is 35.4 Å². The van der Waals surface area contributed by atoms with Crippen LogP contribution >= 0.6 is 0 Å². The Bertz CT molecular complexity index is 521. The number of carbonyl (C=O) groups excluding carboxylic acids is 1. The lowest BCUT2D eigenvalue weighted by molar-refractivity contribution is -0.148. The fourth-order valence-corrected chi connectivity index (χ4v) is 2.72. The number of esters is 1. The van der Waals surface area contributed by atoms with E-state index in [0.29, 0.717) is 12.1 Å². The Morgan fingerprint density at radius 2 is 2.19 bits per heavy atom. The first-order chi connectivity index (χ1) is 10.2. The molecule has 5 heteroatoms. The zero-order valence-corrected chi connectivity index (χ0v) is 12.2. The van der Waals surface area contributed by atoms with Gasteiger partial charge < -0.3 is 9.84 Å². The van der Waals surface area contributed by atoms with Crippen molar-refractivity contribution in [2.45, 2.75) is 31.4 Å². The third-order valence-corrected chi connectivity index (χ3v) is 3.92. The lowest BCUT2D eigenvalue weighted by Crippen LogP contribution is -2.46. The molecule has 2 unspecified atom stereocenters. The van der Waals surface area contributed by atoms with Gasteiger partial charge >= 0.3 is 5.97 Å². The van der Waals surface area contributed by atoms with Crippen LogP contribution in [0, 0.1) is 11.3 Å². The molecule has 0 aromatic heterocycles. The largest absolute Gasteiger partial charge is 0.468 e. The van der Waals surface area contributed by atoms with Crippen LogP contribution in [0.5, 0.6) is 0 Å². The number of carbonyl (C=O) groups is 1. The Morgan fingerprint density at radius 3 is 2.81 bits per heavy atom. The predicted molar refractivity (Wildman–Crippen MR) is 77.3 cm³/mol. The number of nitriles is 1. The topological polar surface area (TPSA) is 73.6 Å². The second kappa shape index (κ2) is 7.21. The van der Waals surface area contributed by atoms with Gasteiger partial charge in [-0.05, 0) is 37.1 Å². The molecule has 0 radical (unpaired) electrons. The van der Waals surface area contributed by atoms with E-state index in [-0.39, 0.29) is 12.0 Å². The van der Waals surface area contributed by atoms with Gasteiger partial charge in [-0.25, -0.2) is 0 Å². The summed E-state index contributed by atoms with van der Waals surface area (Å²) in [5.74, 6) is -0.235. The van der Waals surface area contributed by atoms with Gasteiger partial charge in [0.15, 0.2) is 0 Å². The summed E-state index contributed by atoms with van der Waals surface area (Å²) >= 11 is 0. The molecule has 2 rings (SSSR count). The average Bonchev–Trinajstić information content (AvgIpc) is 2.54. The third kappa shape index (κ3) is 3.81. The molecule has 1 aliphatic rings. The van der Waals surface area contributed by atoms with E-state index in [2.05, 4.69) is 6.07 Å². The minimum Gasteiger partial charge on any atom is -0.468 e. The van der Waals surface area contributed by atoms with Crippen LogP contribution < -0.4 is 0 Å². The summed E-state index contributed by atoms with van der Waals surface area (Å²) in [4.78, 5) is 13.8. The molecular formula is C16H20N2O3. The van der Waals surface area contributed by atoms with Gasteiger partial charge in [-0.15, -0.1) is 0 Å². The van der Waals surface area contributed by atoms with Crippen LogP contribution in [0.2, 0.25) is 0 Å². The zero-order valence-electron chi connectivity index (χ0n) is 12.2. The van der Waals surface area contributed by atoms with Gasteiger partial charge in [0.05, 0.1) is 24.8 Å². The molecule has 1 saturated heterocycles. The van der Waals surface area contributed by atoms with Crippen molar-refractivity contribution in [1.82, 2.24) is 4.90 Å². The maximum Gasteiger partial charge on any atom is 0.323 e. The monoisotopic (exact) mass is 288 g/mol. The first-order valence-electron chi connectivity index (χ1n) is 7.15. The zero-order chi connectivity index (χ0) is 15.2. The Hall–Kier alpha value is -1.90. The highest BCUT2D eigenvalue weighted by atomic mass is 16.5. The van der Waals surface area contributed by atoms with Crippen molar-refractivity contribution >= 4 is 5.97 Å². The standard InChI is InChI=1S/C16H20N2O3/c1-21-16(20)14-4-2-3-9-18(14)11-15(19)13-7-5-12(10-17)6-8-13/h5-8,14-15,19H,2-4,9,11H2,1H3. The molecule has 1 heterocycles. The molecule has 112 valence electrons. The molecule has 0 spiro atoms. The number of hydrogen-bond acceptors (Lipinski definition) is 5. The van der Waals surface area contributed by atoms with Crippen molar-refractivity contribution in [2.75, 3.05) is 20.2 Å². The summed E-state index contributed by atoms with van der Waals surface area (Å²) in [5.41, 5.74) is 1.32. The van der Waals surface area contributed by atoms with E-state index in [1.54, 1.807) is 24.3 Å². The van der Waals surface area contributed by atoms with Gasteiger partial charge in [0.25, 0.3) is 0 Å². The van der Waals surface area contributed by atoms with Gasteiger partial charge in [-0.3, -0.25) is 9.69 Å². The van der Waals surface area contributed by atoms with Crippen LogP contribution in [0.1, 0.15) is 36.5 Å². The highest BCUT2D eigenvalue weighted by molar-refractivity contribution is 5.75. The molecular weight excluding hydrogens is 268 g/mol. The third-order valence-electron chi connectivity index (χ3n) is 3.92. The molecule has 0 aliphatic carbocycles. The minimum atomic E-state index is -0.678. The number of piperidine rings is 1. The van der Waals surface area contributed by atoms with E-state index in [1.807, 2.05) is 4.90 Å². The van der Waals surface area contributed by atoms with Crippen molar-refractivity contribution in [3.63, 3.8) is 0 Å². The first kappa shape index (κ1) is 15.5. The molecule has 1 aromatic rings. The van der Waals surface area contributed by atoms with Gasteiger partial charge in [0.2, 0.25) is 0 Å². The van der Waals surface area contributed by atoms with E-state index in [4.69, 9.17) is 10.00 Å². The molecule has 1 N–H and O–H groups in total. The summed E-state index contributed by atoms with van der Waals surface area (Å²) in [5, 5.41) is 19.1. The summed E-state index contributed by atoms with van der Waals surface area (Å²) < 4.78 is 4.84. The number of nitrogens with zero attached hydrogens (tertiary/aromatic N) is 2. The summed E-state index contributed by atoms with van der Waals surface area (Å²) in [6, 6.07) is 8.66. The molecule has 0 bridgehead atoms. The number of hydrogen-bond donors (Lipinski definition) is 1. The maximum absolute atomic E-state index is 11.8. The van der Waals surface area contributed by atoms with Crippen molar-refractivity contribution in [3.8, 4) is 6.07 Å². The minimum absolute atomic E-state index is 0.235. The molecule has 2 atom stereocenters. The van der Waals surface area contributed by atoms with E-state index in [1.165, 1.54) is 7.11 Å². The second-order valence-electron chi connectivity index (χ2n) is 5.28. The Morgan fingerprint density at radius 1 is 1.48 bits per heavy atom. The van der Waals surface area contributed by atoms with Crippen LogP contribution in [0.3, 0.4) is 0 Å². The number of ether oxygens (including phenoxy) is 1. The van der Waals surface area contributed by atoms with Crippen molar-refractivity contribution in [1.29, 1.82) is 5.26 Å². The normalized spacial score (nSPS) is 20.5. The SMILES string of the molecule is COC(=O)C1CCCCN1CC(O)c1ccc(C#N)cc1. The van der Waals surface area contributed by atoms with Gasteiger partial charge in [-0.1, -0.05) is 18.6 Å².